The molecule has 1 amide bonds. The minimum Gasteiger partial charge on any atom is -0.481 e. The van der Waals surface area contributed by atoms with Crippen LogP contribution in [0.5, 0.6) is 0 Å². The summed E-state index contributed by atoms with van der Waals surface area (Å²) >= 11 is 0. The number of aryl methyl sites for hydroxylation is 2. The lowest BCUT2D eigenvalue weighted by molar-refractivity contribution is -0.145. The number of carboxylic acids is 1. The average Bonchev–Trinajstić information content (AvgIpc) is 2.49. The van der Waals surface area contributed by atoms with Gasteiger partial charge in [0.2, 0.25) is 5.91 Å². The van der Waals surface area contributed by atoms with E-state index < -0.39 is 5.97 Å². The van der Waals surface area contributed by atoms with Gasteiger partial charge in [0.05, 0.1) is 5.92 Å². The fourth-order valence-corrected chi connectivity index (χ4v) is 2.73. The number of piperidine rings is 1. The maximum atomic E-state index is 12.1. The molecule has 1 heterocycles. The Balaban J connectivity index is 1.70. The molecule has 0 aliphatic carbocycles. The van der Waals surface area contributed by atoms with Gasteiger partial charge in [0.15, 0.2) is 0 Å². The first-order valence-corrected chi connectivity index (χ1v) is 7.62. The fraction of sp³-hybridized carbons (Fsp3) is 0.529. The van der Waals surface area contributed by atoms with Crippen molar-refractivity contribution in [2.75, 3.05) is 13.1 Å². The maximum Gasteiger partial charge on any atom is 0.306 e. The monoisotopic (exact) mass is 289 g/mol. The number of rotatable bonds is 5. The molecule has 0 bridgehead atoms. The van der Waals surface area contributed by atoms with Crippen LogP contribution in [0.1, 0.15) is 36.8 Å². The third-order valence-electron chi connectivity index (χ3n) is 4.17. The van der Waals surface area contributed by atoms with E-state index in [-0.39, 0.29) is 11.8 Å². The summed E-state index contributed by atoms with van der Waals surface area (Å²) in [4.78, 5) is 24.8. The van der Waals surface area contributed by atoms with Crippen LogP contribution in [-0.4, -0.2) is 35.0 Å². The zero-order chi connectivity index (χ0) is 15.2. The van der Waals surface area contributed by atoms with Crippen LogP contribution in [0.3, 0.4) is 0 Å². The predicted octanol–water partition coefficient (Wildman–Crippen LogP) is 2.64. The Labute approximate surface area is 125 Å². The molecule has 2 rings (SSSR count). The van der Waals surface area contributed by atoms with Crippen molar-refractivity contribution in [3.8, 4) is 0 Å². The number of carboxylic acid groups (broad SMARTS) is 1. The molecule has 1 aliphatic heterocycles. The summed E-state index contributed by atoms with van der Waals surface area (Å²) < 4.78 is 0. The van der Waals surface area contributed by atoms with E-state index >= 15 is 0 Å². The molecular formula is C17H23NO3. The van der Waals surface area contributed by atoms with Crippen LogP contribution in [0.15, 0.2) is 24.3 Å². The molecule has 4 heteroatoms. The van der Waals surface area contributed by atoms with E-state index in [9.17, 15) is 9.59 Å². The Hall–Kier alpha value is -1.84. The van der Waals surface area contributed by atoms with E-state index in [1.807, 2.05) is 4.90 Å². The summed E-state index contributed by atoms with van der Waals surface area (Å²) in [6.45, 7) is 3.23. The van der Waals surface area contributed by atoms with Crippen LogP contribution in [0.2, 0.25) is 0 Å². The number of benzene rings is 1. The summed E-state index contributed by atoms with van der Waals surface area (Å²) in [7, 11) is 0. The van der Waals surface area contributed by atoms with E-state index in [4.69, 9.17) is 5.11 Å². The second-order valence-electron chi connectivity index (χ2n) is 5.83. The molecule has 1 aromatic carbocycles. The van der Waals surface area contributed by atoms with Crippen LogP contribution in [-0.2, 0) is 16.0 Å². The topological polar surface area (TPSA) is 57.6 Å². The van der Waals surface area contributed by atoms with Crippen LogP contribution < -0.4 is 0 Å². The van der Waals surface area contributed by atoms with Crippen LogP contribution in [0.25, 0.3) is 0 Å². The number of nitrogens with zero attached hydrogens (tertiary/aromatic N) is 1. The quantitative estimate of drug-likeness (QED) is 0.906. The highest BCUT2D eigenvalue weighted by atomic mass is 16.4. The molecule has 1 saturated heterocycles. The summed E-state index contributed by atoms with van der Waals surface area (Å²) in [6, 6.07) is 8.40. The number of amides is 1. The molecule has 0 atom stereocenters. The van der Waals surface area contributed by atoms with Crippen molar-refractivity contribution in [2.45, 2.75) is 39.0 Å². The summed E-state index contributed by atoms with van der Waals surface area (Å²) in [5, 5.41) is 8.95. The van der Waals surface area contributed by atoms with Crippen LogP contribution >= 0.6 is 0 Å². The molecule has 1 N–H and O–H groups in total. The van der Waals surface area contributed by atoms with Crippen LogP contribution in [0, 0.1) is 12.8 Å². The van der Waals surface area contributed by atoms with Gasteiger partial charge in [0, 0.05) is 19.5 Å². The van der Waals surface area contributed by atoms with E-state index in [0.717, 1.165) is 12.8 Å². The van der Waals surface area contributed by atoms with Gasteiger partial charge < -0.3 is 10.0 Å². The van der Waals surface area contributed by atoms with E-state index in [1.165, 1.54) is 11.1 Å². The highest BCUT2D eigenvalue weighted by Gasteiger charge is 2.26. The van der Waals surface area contributed by atoms with Gasteiger partial charge in [0.1, 0.15) is 0 Å². The highest BCUT2D eigenvalue weighted by Crippen LogP contribution is 2.18. The number of hydrogen-bond donors (Lipinski definition) is 1. The number of hydrogen-bond acceptors (Lipinski definition) is 2. The molecular weight excluding hydrogens is 266 g/mol. The van der Waals surface area contributed by atoms with E-state index in [2.05, 4.69) is 31.2 Å². The first kappa shape index (κ1) is 15.5. The molecule has 0 saturated carbocycles. The Morgan fingerprint density at radius 3 is 2.38 bits per heavy atom. The normalized spacial score (nSPS) is 16.0. The van der Waals surface area contributed by atoms with Crippen molar-refractivity contribution < 1.29 is 14.7 Å². The molecule has 4 nitrogen and oxygen atoms in total. The van der Waals surface area contributed by atoms with Gasteiger partial charge >= 0.3 is 5.97 Å². The van der Waals surface area contributed by atoms with Crippen molar-refractivity contribution >= 4 is 11.9 Å². The van der Waals surface area contributed by atoms with Crippen LogP contribution in [0.4, 0.5) is 0 Å². The average molecular weight is 289 g/mol. The summed E-state index contributed by atoms with van der Waals surface area (Å²) in [5.41, 5.74) is 2.51. The van der Waals surface area contributed by atoms with Crippen molar-refractivity contribution in [1.29, 1.82) is 0 Å². The SMILES string of the molecule is Cc1ccc(CCCC(=O)N2CCC(C(=O)O)CC2)cc1. The first-order valence-electron chi connectivity index (χ1n) is 7.62. The van der Waals surface area contributed by atoms with Crippen molar-refractivity contribution in [1.82, 2.24) is 4.90 Å². The van der Waals surface area contributed by atoms with Crippen molar-refractivity contribution in [2.24, 2.45) is 5.92 Å². The maximum absolute atomic E-state index is 12.1. The zero-order valence-electron chi connectivity index (χ0n) is 12.5. The molecule has 114 valence electrons. The molecule has 21 heavy (non-hydrogen) atoms. The van der Waals surface area contributed by atoms with Gasteiger partial charge in [-0.1, -0.05) is 29.8 Å². The lowest BCUT2D eigenvalue weighted by Crippen LogP contribution is -2.40. The van der Waals surface area contributed by atoms with Gasteiger partial charge in [-0.3, -0.25) is 9.59 Å². The van der Waals surface area contributed by atoms with E-state index in [1.54, 1.807) is 0 Å². The standard InChI is InChI=1S/C17H23NO3/c1-13-5-7-14(8-6-13)3-2-4-16(19)18-11-9-15(10-12-18)17(20)21/h5-8,15H,2-4,9-12H2,1H3,(H,20,21). The minimum atomic E-state index is -0.735. The third-order valence-corrected chi connectivity index (χ3v) is 4.17. The van der Waals surface area contributed by atoms with Gasteiger partial charge in [-0.05, 0) is 38.2 Å². The highest BCUT2D eigenvalue weighted by molar-refractivity contribution is 5.77. The number of carbonyl (C=O) groups is 2. The number of likely N-dealkylation sites (tertiary alicyclic amines) is 1. The van der Waals surface area contributed by atoms with Gasteiger partial charge in [-0.15, -0.1) is 0 Å². The Morgan fingerprint density at radius 2 is 1.81 bits per heavy atom. The summed E-state index contributed by atoms with van der Waals surface area (Å²) in [5.74, 6) is -0.853. The molecule has 1 aromatic rings. The Bertz CT molecular complexity index is 487. The lowest BCUT2D eigenvalue weighted by atomic mass is 9.96. The molecule has 1 aliphatic rings. The van der Waals surface area contributed by atoms with Gasteiger partial charge in [-0.25, -0.2) is 0 Å². The van der Waals surface area contributed by atoms with Gasteiger partial charge in [0.25, 0.3) is 0 Å². The third kappa shape index (κ3) is 4.59. The Kier molecular flexibility index (Phi) is 5.37. The zero-order valence-corrected chi connectivity index (χ0v) is 12.5. The second-order valence-corrected chi connectivity index (χ2v) is 5.83. The minimum absolute atomic E-state index is 0.158. The van der Waals surface area contributed by atoms with E-state index in [0.29, 0.717) is 32.4 Å². The van der Waals surface area contributed by atoms with Crippen molar-refractivity contribution in [3.63, 3.8) is 0 Å². The second kappa shape index (κ2) is 7.25. The van der Waals surface area contributed by atoms with Gasteiger partial charge in [-0.2, -0.15) is 0 Å². The summed E-state index contributed by atoms with van der Waals surface area (Å²) in [6.07, 6.45) is 3.47. The number of carbonyl (C=O) groups excluding carboxylic acids is 1. The fourth-order valence-electron chi connectivity index (χ4n) is 2.73. The molecule has 0 spiro atoms. The largest absolute Gasteiger partial charge is 0.481 e. The van der Waals surface area contributed by atoms with Crippen molar-refractivity contribution in [3.05, 3.63) is 35.4 Å². The smallest absolute Gasteiger partial charge is 0.306 e. The molecule has 1 fully saturated rings. The Morgan fingerprint density at radius 1 is 1.19 bits per heavy atom. The molecule has 0 aromatic heterocycles. The molecule has 0 unspecified atom stereocenters. The molecule has 0 radical (unpaired) electrons. The number of aliphatic carboxylic acids is 1. The predicted molar refractivity (Wildman–Crippen MR) is 81.1 cm³/mol. The lowest BCUT2D eigenvalue weighted by Gasteiger charge is -2.30. The first-order chi connectivity index (χ1) is 10.1.